The summed E-state index contributed by atoms with van der Waals surface area (Å²) in [4.78, 5) is 4.20. The highest BCUT2D eigenvalue weighted by Gasteiger charge is 1.95. The molecule has 1 aromatic rings. The Morgan fingerprint density at radius 3 is 2.79 bits per heavy atom. The molecule has 0 aliphatic heterocycles. The molecule has 0 bridgehead atoms. The van der Waals surface area contributed by atoms with Crippen molar-refractivity contribution >= 4 is 17.3 Å². The number of hydrogen-bond acceptors (Lipinski definition) is 2. The number of thiocarbonyl (C=S) groups is 1. The maximum absolute atomic E-state index is 5.04. The highest BCUT2D eigenvalue weighted by Crippen LogP contribution is 1.98. The molecule has 0 aliphatic rings. The normalized spacial score (nSPS) is 9.57. The van der Waals surface area contributed by atoms with Gasteiger partial charge in [0.15, 0.2) is 5.11 Å². The molecule has 0 atom stereocenters. The first-order chi connectivity index (χ1) is 6.72. The zero-order valence-corrected chi connectivity index (χ0v) is 9.32. The third-order valence-electron chi connectivity index (χ3n) is 1.76. The number of aryl methyl sites for hydroxylation is 1. The van der Waals surface area contributed by atoms with Gasteiger partial charge in [0, 0.05) is 25.0 Å². The van der Waals surface area contributed by atoms with E-state index in [1.165, 1.54) is 0 Å². The summed E-state index contributed by atoms with van der Waals surface area (Å²) in [5.41, 5.74) is 2.17. The average Bonchev–Trinajstić information content (AvgIpc) is 2.17. The second kappa shape index (κ2) is 5.54. The lowest BCUT2D eigenvalue weighted by Gasteiger charge is -2.08. The summed E-state index contributed by atoms with van der Waals surface area (Å²) >= 11 is 5.04. The van der Waals surface area contributed by atoms with Gasteiger partial charge in [-0.1, -0.05) is 6.07 Å². The lowest BCUT2D eigenvalue weighted by atomic mass is 10.2. The Balaban J connectivity index is 2.38. The SMILES string of the molecule is CCNC(=S)NCc1ccc(C)nc1. The molecule has 76 valence electrons. The molecule has 14 heavy (non-hydrogen) atoms. The van der Waals surface area contributed by atoms with E-state index in [0.29, 0.717) is 5.11 Å². The van der Waals surface area contributed by atoms with Crippen molar-refractivity contribution in [1.82, 2.24) is 15.6 Å². The van der Waals surface area contributed by atoms with Gasteiger partial charge < -0.3 is 10.6 Å². The molecular weight excluding hydrogens is 194 g/mol. The largest absolute Gasteiger partial charge is 0.363 e. The van der Waals surface area contributed by atoms with Crippen LogP contribution < -0.4 is 10.6 Å². The third-order valence-corrected chi connectivity index (χ3v) is 2.05. The summed E-state index contributed by atoms with van der Waals surface area (Å²) in [5.74, 6) is 0. The zero-order chi connectivity index (χ0) is 10.4. The van der Waals surface area contributed by atoms with Crippen LogP contribution >= 0.6 is 12.2 Å². The number of pyridine rings is 1. The second-order valence-electron chi connectivity index (χ2n) is 3.02. The van der Waals surface area contributed by atoms with Crippen LogP contribution in [0.4, 0.5) is 0 Å². The molecule has 2 N–H and O–H groups in total. The zero-order valence-electron chi connectivity index (χ0n) is 8.50. The van der Waals surface area contributed by atoms with Crippen LogP contribution in [0.1, 0.15) is 18.2 Å². The summed E-state index contributed by atoms with van der Waals surface area (Å²) < 4.78 is 0. The predicted octanol–water partition coefficient (Wildman–Crippen LogP) is 1.37. The Bertz CT molecular complexity index is 295. The molecule has 0 aromatic carbocycles. The van der Waals surface area contributed by atoms with E-state index < -0.39 is 0 Å². The first-order valence-electron chi connectivity index (χ1n) is 4.65. The maximum atomic E-state index is 5.04. The van der Waals surface area contributed by atoms with Gasteiger partial charge in [-0.25, -0.2) is 0 Å². The van der Waals surface area contributed by atoms with Gasteiger partial charge in [0.05, 0.1) is 0 Å². The average molecular weight is 209 g/mol. The highest BCUT2D eigenvalue weighted by molar-refractivity contribution is 7.80. The van der Waals surface area contributed by atoms with Crippen LogP contribution in [-0.2, 0) is 6.54 Å². The molecule has 0 aliphatic carbocycles. The Morgan fingerprint density at radius 2 is 2.21 bits per heavy atom. The Morgan fingerprint density at radius 1 is 1.43 bits per heavy atom. The molecule has 0 saturated heterocycles. The lowest BCUT2D eigenvalue weighted by Crippen LogP contribution is -2.34. The predicted molar refractivity (Wildman–Crippen MR) is 62.1 cm³/mol. The summed E-state index contributed by atoms with van der Waals surface area (Å²) in [6.45, 7) is 5.55. The van der Waals surface area contributed by atoms with E-state index in [2.05, 4.69) is 15.6 Å². The number of nitrogens with zero attached hydrogens (tertiary/aromatic N) is 1. The van der Waals surface area contributed by atoms with E-state index in [4.69, 9.17) is 12.2 Å². The fourth-order valence-corrected chi connectivity index (χ4v) is 1.22. The topological polar surface area (TPSA) is 37.0 Å². The molecule has 0 spiro atoms. The molecule has 0 saturated carbocycles. The monoisotopic (exact) mass is 209 g/mol. The lowest BCUT2D eigenvalue weighted by molar-refractivity contribution is 0.849. The number of aromatic nitrogens is 1. The number of nitrogens with one attached hydrogen (secondary N) is 2. The first kappa shape index (κ1) is 10.9. The van der Waals surface area contributed by atoms with Crippen molar-refractivity contribution in [2.75, 3.05) is 6.54 Å². The Hall–Kier alpha value is -1.16. The van der Waals surface area contributed by atoms with Gasteiger partial charge in [-0.2, -0.15) is 0 Å². The molecule has 0 radical (unpaired) electrons. The minimum atomic E-state index is 0.688. The van der Waals surface area contributed by atoms with Crippen LogP contribution in [0.2, 0.25) is 0 Å². The van der Waals surface area contributed by atoms with Gasteiger partial charge in [0.25, 0.3) is 0 Å². The van der Waals surface area contributed by atoms with Gasteiger partial charge in [-0.15, -0.1) is 0 Å². The molecule has 1 rings (SSSR count). The minimum Gasteiger partial charge on any atom is -0.363 e. The Labute approximate surface area is 89.9 Å². The van der Waals surface area contributed by atoms with Crippen LogP contribution in [0.3, 0.4) is 0 Å². The van der Waals surface area contributed by atoms with Crippen molar-refractivity contribution in [3.8, 4) is 0 Å². The van der Waals surface area contributed by atoms with Gasteiger partial charge in [-0.3, -0.25) is 4.98 Å². The van der Waals surface area contributed by atoms with Gasteiger partial charge in [-0.05, 0) is 37.7 Å². The van der Waals surface area contributed by atoms with Gasteiger partial charge in [0.1, 0.15) is 0 Å². The van der Waals surface area contributed by atoms with Crippen LogP contribution in [0.5, 0.6) is 0 Å². The van der Waals surface area contributed by atoms with Crippen LogP contribution in [0, 0.1) is 6.92 Å². The molecule has 1 heterocycles. The number of hydrogen-bond donors (Lipinski definition) is 2. The quantitative estimate of drug-likeness (QED) is 0.737. The van der Waals surface area contributed by atoms with Crippen molar-refractivity contribution in [3.63, 3.8) is 0 Å². The summed E-state index contributed by atoms with van der Waals surface area (Å²) in [6, 6.07) is 4.04. The summed E-state index contributed by atoms with van der Waals surface area (Å²) in [6.07, 6.45) is 1.86. The highest BCUT2D eigenvalue weighted by atomic mass is 32.1. The van der Waals surface area contributed by atoms with E-state index in [-0.39, 0.29) is 0 Å². The van der Waals surface area contributed by atoms with Crippen molar-refractivity contribution in [2.24, 2.45) is 0 Å². The first-order valence-corrected chi connectivity index (χ1v) is 5.06. The molecule has 0 amide bonds. The summed E-state index contributed by atoms with van der Waals surface area (Å²) in [7, 11) is 0. The van der Waals surface area contributed by atoms with Crippen molar-refractivity contribution in [3.05, 3.63) is 29.6 Å². The van der Waals surface area contributed by atoms with Crippen molar-refractivity contribution in [1.29, 1.82) is 0 Å². The maximum Gasteiger partial charge on any atom is 0.166 e. The van der Waals surface area contributed by atoms with Crippen LogP contribution in [-0.4, -0.2) is 16.6 Å². The van der Waals surface area contributed by atoms with E-state index in [9.17, 15) is 0 Å². The van der Waals surface area contributed by atoms with E-state index in [1.54, 1.807) is 0 Å². The Kier molecular flexibility index (Phi) is 4.32. The minimum absolute atomic E-state index is 0.688. The van der Waals surface area contributed by atoms with Crippen molar-refractivity contribution in [2.45, 2.75) is 20.4 Å². The molecular formula is C10H15N3S. The van der Waals surface area contributed by atoms with Crippen molar-refractivity contribution < 1.29 is 0 Å². The fourth-order valence-electron chi connectivity index (χ4n) is 1.01. The fraction of sp³-hybridized carbons (Fsp3) is 0.400. The molecule has 1 aromatic heterocycles. The van der Waals surface area contributed by atoms with Crippen LogP contribution in [0.25, 0.3) is 0 Å². The molecule has 4 heteroatoms. The van der Waals surface area contributed by atoms with E-state index >= 15 is 0 Å². The molecule has 0 fully saturated rings. The second-order valence-corrected chi connectivity index (χ2v) is 3.43. The molecule has 0 unspecified atom stereocenters. The molecule has 3 nitrogen and oxygen atoms in total. The van der Waals surface area contributed by atoms with E-state index in [1.807, 2.05) is 32.2 Å². The van der Waals surface area contributed by atoms with E-state index in [0.717, 1.165) is 24.3 Å². The third kappa shape index (κ3) is 3.70. The number of rotatable bonds is 3. The smallest absolute Gasteiger partial charge is 0.166 e. The van der Waals surface area contributed by atoms with Gasteiger partial charge in [0.2, 0.25) is 0 Å². The van der Waals surface area contributed by atoms with Crippen LogP contribution in [0.15, 0.2) is 18.3 Å². The van der Waals surface area contributed by atoms with Gasteiger partial charge >= 0.3 is 0 Å². The summed E-state index contributed by atoms with van der Waals surface area (Å²) in [5, 5.41) is 6.81. The standard InChI is InChI=1S/C10H15N3S/c1-3-11-10(14)13-7-9-5-4-8(2)12-6-9/h4-6H,3,7H2,1-2H3,(H2,11,13,14).